The van der Waals surface area contributed by atoms with Gasteiger partial charge in [-0.3, -0.25) is 0 Å². The van der Waals surface area contributed by atoms with Crippen molar-refractivity contribution in [2.45, 2.75) is 26.3 Å². The summed E-state index contributed by atoms with van der Waals surface area (Å²) in [5.74, 6) is 0.130. The number of halogens is 2. The Morgan fingerprint density at radius 2 is 2.00 bits per heavy atom. The first-order valence-electron chi connectivity index (χ1n) is 5.25. The molecule has 17 heavy (non-hydrogen) atoms. The molecular formula is C12H13ClFN3. The van der Waals surface area contributed by atoms with Gasteiger partial charge in [0, 0.05) is 10.6 Å². The molecule has 0 fully saturated rings. The number of hydrogen-bond acceptors (Lipinski definition) is 2. The van der Waals surface area contributed by atoms with E-state index in [9.17, 15) is 4.39 Å². The zero-order valence-corrected chi connectivity index (χ0v) is 10.7. The fourth-order valence-electron chi connectivity index (χ4n) is 1.58. The number of hydrogen-bond donors (Lipinski definition) is 0. The molecule has 0 bridgehead atoms. The summed E-state index contributed by atoms with van der Waals surface area (Å²) in [6.45, 7) is 6.01. The smallest absolute Gasteiger partial charge is 0.167 e. The Balaban J connectivity index is 2.61. The summed E-state index contributed by atoms with van der Waals surface area (Å²) in [4.78, 5) is 0. The van der Waals surface area contributed by atoms with Crippen LogP contribution < -0.4 is 0 Å². The van der Waals surface area contributed by atoms with Gasteiger partial charge in [-0.15, -0.1) is 10.2 Å². The highest BCUT2D eigenvalue weighted by atomic mass is 35.5. The van der Waals surface area contributed by atoms with Crippen molar-refractivity contribution in [3.05, 3.63) is 35.4 Å². The molecule has 0 radical (unpaired) electrons. The zero-order valence-electron chi connectivity index (χ0n) is 9.91. The van der Waals surface area contributed by atoms with E-state index in [0.29, 0.717) is 16.4 Å². The molecule has 3 nitrogen and oxygen atoms in total. The summed E-state index contributed by atoms with van der Waals surface area (Å²) in [7, 11) is 0. The molecule has 5 heteroatoms. The fraction of sp³-hybridized carbons (Fsp3) is 0.333. The molecule has 0 N–H and O–H groups in total. The topological polar surface area (TPSA) is 30.7 Å². The SMILES string of the molecule is CC(C)(C)n1cnnc1-c1cc(Cl)ccc1F. The van der Waals surface area contributed by atoms with E-state index >= 15 is 0 Å². The fourth-order valence-corrected chi connectivity index (χ4v) is 1.75. The van der Waals surface area contributed by atoms with Crippen LogP contribution in [-0.2, 0) is 5.54 Å². The van der Waals surface area contributed by atoms with Gasteiger partial charge in [0.05, 0.1) is 5.56 Å². The van der Waals surface area contributed by atoms with Crippen LogP contribution in [0.15, 0.2) is 24.5 Å². The molecule has 2 rings (SSSR count). The second kappa shape index (κ2) is 4.11. The highest BCUT2D eigenvalue weighted by Gasteiger charge is 2.20. The van der Waals surface area contributed by atoms with Crippen molar-refractivity contribution in [2.75, 3.05) is 0 Å². The summed E-state index contributed by atoms with van der Waals surface area (Å²) in [6.07, 6.45) is 1.59. The van der Waals surface area contributed by atoms with E-state index in [-0.39, 0.29) is 11.4 Å². The lowest BCUT2D eigenvalue weighted by atomic mass is 10.1. The molecule has 0 aliphatic carbocycles. The molecule has 1 aromatic carbocycles. The van der Waals surface area contributed by atoms with Crippen molar-refractivity contribution in [2.24, 2.45) is 0 Å². The Hall–Kier alpha value is -1.42. The van der Waals surface area contributed by atoms with Crippen LogP contribution >= 0.6 is 11.6 Å². The number of nitrogens with zero attached hydrogens (tertiary/aromatic N) is 3. The Morgan fingerprint density at radius 1 is 1.29 bits per heavy atom. The summed E-state index contributed by atoms with van der Waals surface area (Å²) in [5, 5.41) is 8.28. The van der Waals surface area contributed by atoms with Gasteiger partial charge in [0.25, 0.3) is 0 Å². The quantitative estimate of drug-likeness (QED) is 0.779. The monoisotopic (exact) mass is 253 g/mol. The van der Waals surface area contributed by atoms with Crippen LogP contribution in [0.2, 0.25) is 5.02 Å². The van der Waals surface area contributed by atoms with Gasteiger partial charge >= 0.3 is 0 Å². The molecule has 90 valence electrons. The summed E-state index contributed by atoms with van der Waals surface area (Å²) in [5.41, 5.74) is 0.151. The van der Waals surface area contributed by atoms with Gasteiger partial charge < -0.3 is 4.57 Å². The number of rotatable bonds is 1. The first-order chi connectivity index (χ1) is 7.89. The highest BCUT2D eigenvalue weighted by molar-refractivity contribution is 6.30. The molecule has 1 aromatic heterocycles. The van der Waals surface area contributed by atoms with Crippen LogP contribution in [0, 0.1) is 5.82 Å². The maximum absolute atomic E-state index is 13.8. The minimum atomic E-state index is -0.354. The van der Waals surface area contributed by atoms with Crippen molar-refractivity contribution in [1.29, 1.82) is 0 Å². The van der Waals surface area contributed by atoms with E-state index in [4.69, 9.17) is 11.6 Å². The van der Waals surface area contributed by atoms with Gasteiger partial charge in [0.1, 0.15) is 12.1 Å². The number of benzene rings is 1. The molecule has 2 aromatic rings. The maximum atomic E-state index is 13.8. The molecule has 1 heterocycles. The number of aromatic nitrogens is 3. The average molecular weight is 254 g/mol. The molecule has 0 spiro atoms. The van der Waals surface area contributed by atoms with E-state index in [1.165, 1.54) is 12.1 Å². The molecule has 0 atom stereocenters. The van der Waals surface area contributed by atoms with Crippen LogP contribution in [0.3, 0.4) is 0 Å². The van der Waals surface area contributed by atoms with E-state index in [1.807, 2.05) is 25.3 Å². The predicted octanol–water partition coefficient (Wildman–Crippen LogP) is 3.49. The van der Waals surface area contributed by atoms with E-state index in [1.54, 1.807) is 12.4 Å². The molecule has 0 unspecified atom stereocenters. The van der Waals surface area contributed by atoms with Crippen molar-refractivity contribution in [1.82, 2.24) is 14.8 Å². The second-order valence-corrected chi connectivity index (χ2v) is 5.26. The molecule has 0 aliphatic heterocycles. The van der Waals surface area contributed by atoms with Crippen molar-refractivity contribution < 1.29 is 4.39 Å². The Labute approximate surface area is 104 Å². The van der Waals surface area contributed by atoms with Crippen LogP contribution in [0.1, 0.15) is 20.8 Å². The van der Waals surface area contributed by atoms with Gasteiger partial charge in [0.15, 0.2) is 5.82 Å². The van der Waals surface area contributed by atoms with Crippen molar-refractivity contribution in [3.8, 4) is 11.4 Å². The van der Waals surface area contributed by atoms with Crippen molar-refractivity contribution >= 4 is 11.6 Å². The Morgan fingerprint density at radius 3 is 2.65 bits per heavy atom. The van der Waals surface area contributed by atoms with Gasteiger partial charge in [-0.2, -0.15) is 0 Å². The van der Waals surface area contributed by atoms with Gasteiger partial charge in [-0.25, -0.2) is 4.39 Å². The molecule has 0 amide bonds. The van der Waals surface area contributed by atoms with Crippen LogP contribution in [0.5, 0.6) is 0 Å². The first-order valence-corrected chi connectivity index (χ1v) is 5.63. The standard InChI is InChI=1S/C12H13ClFN3/c1-12(2,3)17-7-15-16-11(17)9-6-8(13)4-5-10(9)14/h4-7H,1-3H3. The second-order valence-electron chi connectivity index (χ2n) is 4.82. The maximum Gasteiger partial charge on any atom is 0.167 e. The third-order valence-corrected chi connectivity index (χ3v) is 2.67. The highest BCUT2D eigenvalue weighted by Crippen LogP contribution is 2.27. The largest absolute Gasteiger partial charge is 0.308 e. The molecule has 0 saturated heterocycles. The lowest BCUT2D eigenvalue weighted by molar-refractivity contribution is 0.399. The Bertz CT molecular complexity index is 543. The van der Waals surface area contributed by atoms with E-state index in [2.05, 4.69) is 10.2 Å². The molecule has 0 aliphatic rings. The minimum Gasteiger partial charge on any atom is -0.308 e. The Kier molecular flexibility index (Phi) is 2.91. The lowest BCUT2D eigenvalue weighted by Crippen LogP contribution is -2.22. The van der Waals surface area contributed by atoms with Crippen LogP contribution in [0.4, 0.5) is 4.39 Å². The van der Waals surface area contributed by atoms with Crippen LogP contribution in [-0.4, -0.2) is 14.8 Å². The van der Waals surface area contributed by atoms with E-state index in [0.717, 1.165) is 0 Å². The summed E-state index contributed by atoms with van der Waals surface area (Å²) >= 11 is 5.88. The lowest BCUT2D eigenvalue weighted by Gasteiger charge is -2.22. The van der Waals surface area contributed by atoms with E-state index < -0.39 is 0 Å². The summed E-state index contributed by atoms with van der Waals surface area (Å²) < 4.78 is 15.6. The van der Waals surface area contributed by atoms with Gasteiger partial charge in [-0.05, 0) is 39.0 Å². The summed E-state index contributed by atoms with van der Waals surface area (Å²) in [6, 6.07) is 4.40. The zero-order chi connectivity index (χ0) is 12.6. The molecule has 0 saturated carbocycles. The van der Waals surface area contributed by atoms with Gasteiger partial charge in [0.2, 0.25) is 0 Å². The van der Waals surface area contributed by atoms with Crippen LogP contribution in [0.25, 0.3) is 11.4 Å². The third-order valence-electron chi connectivity index (χ3n) is 2.44. The predicted molar refractivity (Wildman–Crippen MR) is 65.4 cm³/mol. The third kappa shape index (κ3) is 2.31. The van der Waals surface area contributed by atoms with Gasteiger partial charge in [-0.1, -0.05) is 11.6 Å². The first kappa shape index (κ1) is 12.0. The normalized spacial score (nSPS) is 11.8. The average Bonchev–Trinajstić information content (AvgIpc) is 2.69. The van der Waals surface area contributed by atoms with Crippen molar-refractivity contribution in [3.63, 3.8) is 0 Å². The minimum absolute atomic E-state index is 0.215. The molecular weight excluding hydrogens is 241 g/mol.